The SMILES string of the molecule is C[C@@H](C(=O)NCc1ccc(Cl)cc1)N1CCN(CC(=O)N2CCCCC2)CC1. The minimum absolute atomic E-state index is 0.0350. The number of likely N-dealkylation sites (tertiary alicyclic amines) is 1. The Bertz CT molecular complexity index is 653. The molecule has 1 N–H and O–H groups in total. The number of amides is 2. The second-order valence-electron chi connectivity index (χ2n) is 7.77. The van der Waals surface area contributed by atoms with E-state index in [4.69, 9.17) is 11.6 Å². The van der Waals surface area contributed by atoms with E-state index in [0.29, 0.717) is 18.1 Å². The smallest absolute Gasteiger partial charge is 0.237 e. The minimum Gasteiger partial charge on any atom is -0.351 e. The number of carbonyl (C=O) groups excluding carboxylic acids is 2. The van der Waals surface area contributed by atoms with E-state index in [1.165, 1.54) is 6.42 Å². The van der Waals surface area contributed by atoms with Crippen molar-refractivity contribution in [2.75, 3.05) is 45.8 Å². The zero-order valence-electron chi connectivity index (χ0n) is 16.7. The van der Waals surface area contributed by atoms with Crippen molar-refractivity contribution in [3.05, 3.63) is 34.9 Å². The van der Waals surface area contributed by atoms with Crippen molar-refractivity contribution < 1.29 is 9.59 Å². The van der Waals surface area contributed by atoms with Gasteiger partial charge in [0.25, 0.3) is 0 Å². The van der Waals surface area contributed by atoms with Crippen molar-refractivity contribution in [1.82, 2.24) is 20.0 Å². The summed E-state index contributed by atoms with van der Waals surface area (Å²) in [5.41, 5.74) is 1.03. The number of halogens is 1. The number of nitrogens with zero attached hydrogens (tertiary/aromatic N) is 3. The number of piperazine rings is 1. The first kappa shape index (κ1) is 21.1. The molecular weight excluding hydrogens is 376 g/mol. The molecule has 2 aliphatic rings. The number of hydrogen-bond donors (Lipinski definition) is 1. The normalized spacial score (nSPS) is 20.0. The molecule has 3 rings (SSSR count). The van der Waals surface area contributed by atoms with Crippen LogP contribution in [0.15, 0.2) is 24.3 Å². The van der Waals surface area contributed by atoms with Crippen LogP contribution in [0.3, 0.4) is 0 Å². The van der Waals surface area contributed by atoms with Gasteiger partial charge < -0.3 is 10.2 Å². The first-order valence-electron chi connectivity index (χ1n) is 10.3. The van der Waals surface area contributed by atoms with E-state index in [9.17, 15) is 9.59 Å². The van der Waals surface area contributed by atoms with Crippen LogP contribution >= 0.6 is 11.6 Å². The van der Waals surface area contributed by atoms with Crippen molar-refractivity contribution in [2.45, 2.75) is 38.8 Å². The van der Waals surface area contributed by atoms with Gasteiger partial charge in [-0.05, 0) is 43.9 Å². The van der Waals surface area contributed by atoms with Crippen LogP contribution in [0.4, 0.5) is 0 Å². The molecule has 2 aliphatic heterocycles. The summed E-state index contributed by atoms with van der Waals surface area (Å²) < 4.78 is 0. The maximum absolute atomic E-state index is 12.5. The average molecular weight is 407 g/mol. The molecule has 2 heterocycles. The lowest BCUT2D eigenvalue weighted by molar-refractivity contribution is -0.134. The van der Waals surface area contributed by atoms with E-state index >= 15 is 0 Å². The van der Waals surface area contributed by atoms with Crippen LogP contribution in [-0.2, 0) is 16.1 Å². The summed E-state index contributed by atoms with van der Waals surface area (Å²) in [7, 11) is 0. The number of rotatable bonds is 6. The van der Waals surface area contributed by atoms with Crippen LogP contribution in [-0.4, -0.2) is 78.4 Å². The highest BCUT2D eigenvalue weighted by molar-refractivity contribution is 6.30. The van der Waals surface area contributed by atoms with Crippen LogP contribution in [0, 0.1) is 0 Å². The van der Waals surface area contributed by atoms with Crippen LogP contribution in [0.5, 0.6) is 0 Å². The Morgan fingerprint density at radius 3 is 2.29 bits per heavy atom. The molecule has 1 aromatic rings. The number of nitrogens with one attached hydrogen (secondary N) is 1. The second-order valence-corrected chi connectivity index (χ2v) is 8.21. The highest BCUT2D eigenvalue weighted by atomic mass is 35.5. The van der Waals surface area contributed by atoms with Gasteiger partial charge in [-0.25, -0.2) is 0 Å². The van der Waals surface area contributed by atoms with E-state index in [1.54, 1.807) is 0 Å². The fourth-order valence-corrected chi connectivity index (χ4v) is 3.97. The van der Waals surface area contributed by atoms with Crippen LogP contribution in [0.2, 0.25) is 5.02 Å². The highest BCUT2D eigenvalue weighted by Gasteiger charge is 2.27. The molecule has 0 bridgehead atoms. The molecule has 0 aromatic heterocycles. The van der Waals surface area contributed by atoms with Gasteiger partial charge in [0.2, 0.25) is 11.8 Å². The fraction of sp³-hybridized carbons (Fsp3) is 0.619. The molecule has 0 radical (unpaired) electrons. The molecule has 1 atom stereocenters. The predicted octanol–water partition coefficient (Wildman–Crippen LogP) is 1.97. The first-order chi connectivity index (χ1) is 13.5. The maximum atomic E-state index is 12.5. The third-order valence-corrected chi connectivity index (χ3v) is 6.03. The predicted molar refractivity (Wildman–Crippen MR) is 111 cm³/mol. The molecule has 2 saturated heterocycles. The van der Waals surface area contributed by atoms with Crippen molar-refractivity contribution in [1.29, 1.82) is 0 Å². The lowest BCUT2D eigenvalue weighted by Crippen LogP contribution is -2.55. The van der Waals surface area contributed by atoms with Gasteiger partial charge in [-0.1, -0.05) is 23.7 Å². The third-order valence-electron chi connectivity index (χ3n) is 5.78. The summed E-state index contributed by atoms with van der Waals surface area (Å²) in [5.74, 6) is 0.287. The Morgan fingerprint density at radius 2 is 1.64 bits per heavy atom. The van der Waals surface area contributed by atoms with E-state index in [0.717, 1.165) is 57.7 Å². The minimum atomic E-state index is -0.174. The number of carbonyl (C=O) groups is 2. The summed E-state index contributed by atoms with van der Waals surface area (Å²) in [6.07, 6.45) is 3.49. The third kappa shape index (κ3) is 5.93. The summed E-state index contributed by atoms with van der Waals surface area (Å²) in [4.78, 5) is 31.3. The van der Waals surface area contributed by atoms with E-state index in [2.05, 4.69) is 15.1 Å². The average Bonchev–Trinajstić information content (AvgIpc) is 2.73. The molecule has 2 amide bonds. The van der Waals surface area contributed by atoms with Gasteiger partial charge in [0, 0.05) is 50.8 Å². The fourth-order valence-electron chi connectivity index (χ4n) is 3.85. The van der Waals surface area contributed by atoms with Crippen LogP contribution < -0.4 is 5.32 Å². The maximum Gasteiger partial charge on any atom is 0.237 e. The first-order valence-corrected chi connectivity index (χ1v) is 10.7. The Kier molecular flexibility index (Phi) is 7.71. The van der Waals surface area contributed by atoms with E-state index in [-0.39, 0.29) is 17.9 Å². The van der Waals surface area contributed by atoms with Crippen LogP contribution in [0.1, 0.15) is 31.7 Å². The standard InChI is InChI=1S/C21H31ClN4O2/c1-17(21(28)23-15-18-5-7-19(22)8-6-18)25-13-11-24(12-14-25)16-20(27)26-9-3-2-4-10-26/h5-8,17H,2-4,9-16H2,1H3,(H,23,28)/t17-/m0/s1. The molecule has 154 valence electrons. The second kappa shape index (κ2) is 10.2. The van der Waals surface area contributed by atoms with Crippen molar-refractivity contribution >= 4 is 23.4 Å². The van der Waals surface area contributed by atoms with E-state index in [1.807, 2.05) is 36.1 Å². The molecule has 2 fully saturated rings. The zero-order chi connectivity index (χ0) is 19.9. The van der Waals surface area contributed by atoms with E-state index < -0.39 is 0 Å². The molecule has 0 aliphatic carbocycles. The van der Waals surface area contributed by atoms with Gasteiger partial charge >= 0.3 is 0 Å². The summed E-state index contributed by atoms with van der Waals surface area (Å²) in [6.45, 7) is 8.04. The highest BCUT2D eigenvalue weighted by Crippen LogP contribution is 2.12. The van der Waals surface area contributed by atoms with Crippen molar-refractivity contribution in [3.8, 4) is 0 Å². The van der Waals surface area contributed by atoms with Gasteiger partial charge in [0.1, 0.15) is 0 Å². The lowest BCUT2D eigenvalue weighted by Gasteiger charge is -2.38. The Labute approximate surface area is 172 Å². The quantitative estimate of drug-likeness (QED) is 0.784. The topological polar surface area (TPSA) is 55.9 Å². The van der Waals surface area contributed by atoms with Gasteiger partial charge in [0.15, 0.2) is 0 Å². The molecule has 0 saturated carbocycles. The molecule has 1 aromatic carbocycles. The summed E-state index contributed by atoms with van der Waals surface area (Å²) in [5, 5.41) is 3.70. The zero-order valence-corrected chi connectivity index (χ0v) is 17.5. The Hall–Kier alpha value is -1.63. The van der Waals surface area contributed by atoms with Crippen molar-refractivity contribution in [3.63, 3.8) is 0 Å². The number of benzene rings is 1. The van der Waals surface area contributed by atoms with Gasteiger partial charge in [0.05, 0.1) is 12.6 Å². The largest absolute Gasteiger partial charge is 0.351 e. The van der Waals surface area contributed by atoms with Gasteiger partial charge in [-0.3, -0.25) is 19.4 Å². The Morgan fingerprint density at radius 1 is 1.00 bits per heavy atom. The monoisotopic (exact) mass is 406 g/mol. The van der Waals surface area contributed by atoms with Crippen molar-refractivity contribution in [2.24, 2.45) is 0 Å². The molecule has 28 heavy (non-hydrogen) atoms. The molecule has 0 spiro atoms. The molecule has 0 unspecified atom stereocenters. The summed E-state index contributed by atoms with van der Waals surface area (Å²) >= 11 is 5.89. The van der Waals surface area contributed by atoms with Gasteiger partial charge in [-0.15, -0.1) is 0 Å². The van der Waals surface area contributed by atoms with Gasteiger partial charge in [-0.2, -0.15) is 0 Å². The van der Waals surface area contributed by atoms with Crippen LogP contribution in [0.25, 0.3) is 0 Å². The number of hydrogen-bond acceptors (Lipinski definition) is 4. The molecule has 7 heteroatoms. The molecule has 6 nitrogen and oxygen atoms in total. The molecular formula is C21H31ClN4O2. The Balaban J connectivity index is 1.39. The number of piperidine rings is 1. The lowest BCUT2D eigenvalue weighted by atomic mass is 10.1. The summed E-state index contributed by atoms with van der Waals surface area (Å²) in [6, 6.07) is 7.33.